The molecule has 0 saturated carbocycles. The fourth-order valence-corrected chi connectivity index (χ4v) is 4.42. The van der Waals surface area contributed by atoms with Crippen molar-refractivity contribution >= 4 is 38.5 Å². The minimum absolute atomic E-state index is 0.162. The number of rotatable bonds is 9. The summed E-state index contributed by atoms with van der Waals surface area (Å²) in [5, 5.41) is 4.90. The van der Waals surface area contributed by atoms with Gasteiger partial charge in [0.25, 0.3) is 0 Å². The Labute approximate surface area is 181 Å². The fourth-order valence-electron chi connectivity index (χ4n) is 2.89. The number of nitrogens with one attached hydrogen (secondary N) is 1. The van der Waals surface area contributed by atoms with Crippen LogP contribution in [0.3, 0.4) is 0 Å². The normalized spacial score (nSPS) is 11.6. The van der Waals surface area contributed by atoms with Gasteiger partial charge in [-0.05, 0) is 53.4 Å². The van der Waals surface area contributed by atoms with Gasteiger partial charge in [0.2, 0.25) is 15.9 Å². The molecule has 0 bridgehead atoms. The van der Waals surface area contributed by atoms with E-state index in [1.54, 1.807) is 24.3 Å². The first-order valence-corrected chi connectivity index (χ1v) is 12.1. The summed E-state index contributed by atoms with van der Waals surface area (Å²) in [6.07, 6.45) is 1.92. The SMILES string of the molecule is CSc1ccc(S(=O)(=O)N(C)CC(=O)NCCOc2ccc3ccccc3c2)cc1. The Balaban J connectivity index is 1.47. The third-order valence-corrected chi connectivity index (χ3v) is 7.11. The number of carbonyl (C=O) groups excluding carboxylic acids is 1. The van der Waals surface area contributed by atoms with Crippen molar-refractivity contribution in [2.24, 2.45) is 0 Å². The molecule has 0 radical (unpaired) electrons. The molecule has 0 aliphatic carbocycles. The van der Waals surface area contributed by atoms with Crippen molar-refractivity contribution in [3.05, 3.63) is 66.7 Å². The molecule has 0 spiro atoms. The number of amides is 1. The molecule has 0 aromatic heterocycles. The minimum Gasteiger partial charge on any atom is -0.492 e. The number of likely N-dealkylation sites (N-methyl/N-ethyl adjacent to an activating group) is 1. The molecule has 0 aliphatic rings. The van der Waals surface area contributed by atoms with Crippen LogP contribution < -0.4 is 10.1 Å². The summed E-state index contributed by atoms with van der Waals surface area (Å²) in [5.74, 6) is 0.334. The van der Waals surface area contributed by atoms with Crippen molar-refractivity contribution in [2.45, 2.75) is 9.79 Å². The highest BCUT2D eigenvalue weighted by Gasteiger charge is 2.22. The van der Waals surface area contributed by atoms with Crippen LogP contribution in [0.25, 0.3) is 10.8 Å². The van der Waals surface area contributed by atoms with E-state index in [9.17, 15) is 13.2 Å². The number of nitrogens with zero attached hydrogens (tertiary/aromatic N) is 1. The summed E-state index contributed by atoms with van der Waals surface area (Å²) in [6.45, 7) is 0.307. The van der Waals surface area contributed by atoms with Crippen LogP contribution in [0.1, 0.15) is 0 Å². The first-order chi connectivity index (χ1) is 14.4. The van der Waals surface area contributed by atoms with Gasteiger partial charge in [0, 0.05) is 11.9 Å². The van der Waals surface area contributed by atoms with Gasteiger partial charge in [-0.1, -0.05) is 30.3 Å². The maximum Gasteiger partial charge on any atom is 0.243 e. The quantitative estimate of drug-likeness (QED) is 0.405. The van der Waals surface area contributed by atoms with Gasteiger partial charge < -0.3 is 10.1 Å². The van der Waals surface area contributed by atoms with Gasteiger partial charge in [0.05, 0.1) is 18.0 Å². The van der Waals surface area contributed by atoms with Crippen LogP contribution in [-0.2, 0) is 14.8 Å². The second kappa shape index (κ2) is 9.97. The van der Waals surface area contributed by atoms with E-state index >= 15 is 0 Å². The average molecular weight is 445 g/mol. The lowest BCUT2D eigenvalue weighted by molar-refractivity contribution is -0.121. The van der Waals surface area contributed by atoms with Crippen LogP contribution in [0.4, 0.5) is 0 Å². The Bertz CT molecular complexity index is 1120. The Morgan fingerprint density at radius 2 is 1.73 bits per heavy atom. The van der Waals surface area contributed by atoms with Gasteiger partial charge in [0.15, 0.2) is 0 Å². The molecule has 158 valence electrons. The lowest BCUT2D eigenvalue weighted by atomic mass is 10.1. The number of carbonyl (C=O) groups is 1. The van der Waals surface area contributed by atoms with Crippen molar-refractivity contribution in [2.75, 3.05) is 33.0 Å². The van der Waals surface area contributed by atoms with E-state index in [1.807, 2.05) is 48.7 Å². The molecule has 3 aromatic rings. The molecule has 0 fully saturated rings. The molecular formula is C22H24N2O4S2. The molecule has 1 N–H and O–H groups in total. The van der Waals surface area contributed by atoms with Crippen molar-refractivity contribution < 1.29 is 17.9 Å². The Morgan fingerprint density at radius 3 is 2.43 bits per heavy atom. The third kappa shape index (κ3) is 5.53. The summed E-state index contributed by atoms with van der Waals surface area (Å²) in [4.78, 5) is 13.3. The smallest absolute Gasteiger partial charge is 0.243 e. The van der Waals surface area contributed by atoms with Crippen LogP contribution in [-0.4, -0.2) is 51.6 Å². The number of hydrogen-bond donors (Lipinski definition) is 1. The number of ether oxygens (including phenoxy) is 1. The van der Waals surface area contributed by atoms with Crippen molar-refractivity contribution in [1.82, 2.24) is 9.62 Å². The highest BCUT2D eigenvalue weighted by atomic mass is 32.2. The second-order valence-electron chi connectivity index (χ2n) is 6.64. The summed E-state index contributed by atoms with van der Waals surface area (Å²) in [5.41, 5.74) is 0. The predicted molar refractivity (Wildman–Crippen MR) is 120 cm³/mol. The molecule has 0 saturated heterocycles. The zero-order valence-corrected chi connectivity index (χ0v) is 18.5. The molecule has 0 unspecified atom stereocenters. The van der Waals surface area contributed by atoms with E-state index in [4.69, 9.17) is 4.74 Å². The molecule has 3 aromatic carbocycles. The van der Waals surface area contributed by atoms with Crippen LogP contribution in [0, 0.1) is 0 Å². The van der Waals surface area contributed by atoms with Crippen LogP contribution in [0.5, 0.6) is 5.75 Å². The maximum absolute atomic E-state index is 12.6. The van der Waals surface area contributed by atoms with Crippen molar-refractivity contribution in [3.8, 4) is 5.75 Å². The summed E-state index contributed by atoms with van der Waals surface area (Å²) in [7, 11) is -2.33. The van der Waals surface area contributed by atoms with Gasteiger partial charge >= 0.3 is 0 Å². The van der Waals surface area contributed by atoms with Gasteiger partial charge in [-0.25, -0.2) is 8.42 Å². The Kier molecular flexibility index (Phi) is 7.36. The minimum atomic E-state index is -3.72. The molecular weight excluding hydrogens is 420 g/mol. The molecule has 8 heteroatoms. The molecule has 0 aliphatic heterocycles. The summed E-state index contributed by atoms with van der Waals surface area (Å²) in [6, 6.07) is 20.4. The fraction of sp³-hybridized carbons (Fsp3) is 0.227. The largest absolute Gasteiger partial charge is 0.492 e. The highest BCUT2D eigenvalue weighted by molar-refractivity contribution is 7.98. The highest BCUT2D eigenvalue weighted by Crippen LogP contribution is 2.21. The van der Waals surface area contributed by atoms with Crippen LogP contribution >= 0.6 is 11.8 Å². The van der Waals surface area contributed by atoms with E-state index < -0.39 is 10.0 Å². The predicted octanol–water partition coefficient (Wildman–Crippen LogP) is 3.38. The number of benzene rings is 3. The van der Waals surface area contributed by atoms with Gasteiger partial charge in [-0.3, -0.25) is 4.79 Å². The van der Waals surface area contributed by atoms with Gasteiger partial charge in [-0.2, -0.15) is 4.31 Å². The topological polar surface area (TPSA) is 75.7 Å². The summed E-state index contributed by atoms with van der Waals surface area (Å²) < 4.78 is 31.9. The van der Waals surface area contributed by atoms with Gasteiger partial charge in [0.1, 0.15) is 12.4 Å². The van der Waals surface area contributed by atoms with E-state index in [-0.39, 0.29) is 30.5 Å². The zero-order chi connectivity index (χ0) is 21.6. The average Bonchev–Trinajstić information content (AvgIpc) is 2.76. The van der Waals surface area contributed by atoms with Crippen LogP contribution in [0.2, 0.25) is 0 Å². The third-order valence-electron chi connectivity index (χ3n) is 4.55. The standard InChI is InChI=1S/C22H24N2O4S2/c1-24(30(26,27)21-11-9-20(29-2)10-12-21)16-22(25)23-13-14-28-19-8-7-17-5-3-4-6-18(17)15-19/h3-12,15H,13-14,16H2,1-2H3,(H,23,25). The number of fused-ring (bicyclic) bond motifs is 1. The molecule has 0 atom stereocenters. The van der Waals surface area contributed by atoms with E-state index in [0.717, 1.165) is 25.7 Å². The number of sulfonamides is 1. The van der Waals surface area contributed by atoms with E-state index in [0.29, 0.717) is 0 Å². The maximum atomic E-state index is 12.6. The lowest BCUT2D eigenvalue weighted by Crippen LogP contribution is -2.39. The number of thioether (sulfide) groups is 1. The molecule has 0 heterocycles. The molecule has 3 rings (SSSR count). The van der Waals surface area contributed by atoms with Crippen molar-refractivity contribution in [3.63, 3.8) is 0 Å². The van der Waals surface area contributed by atoms with Gasteiger partial charge in [-0.15, -0.1) is 11.8 Å². The second-order valence-corrected chi connectivity index (χ2v) is 9.57. The first kappa shape index (κ1) is 22.1. The first-order valence-electron chi connectivity index (χ1n) is 9.39. The monoisotopic (exact) mass is 444 g/mol. The van der Waals surface area contributed by atoms with E-state index in [2.05, 4.69) is 5.32 Å². The summed E-state index contributed by atoms with van der Waals surface area (Å²) >= 11 is 1.53. The lowest BCUT2D eigenvalue weighted by Gasteiger charge is -2.17. The Hall–Kier alpha value is -2.55. The van der Waals surface area contributed by atoms with Crippen LogP contribution in [0.15, 0.2) is 76.5 Å². The Morgan fingerprint density at radius 1 is 1.03 bits per heavy atom. The van der Waals surface area contributed by atoms with Crippen molar-refractivity contribution in [1.29, 1.82) is 0 Å². The van der Waals surface area contributed by atoms with E-state index in [1.165, 1.54) is 18.8 Å². The molecule has 6 nitrogen and oxygen atoms in total. The zero-order valence-electron chi connectivity index (χ0n) is 16.9. The molecule has 1 amide bonds. The number of hydrogen-bond acceptors (Lipinski definition) is 5. The molecule has 30 heavy (non-hydrogen) atoms.